The molecule has 0 unspecified atom stereocenters. The van der Waals surface area contributed by atoms with E-state index in [1.54, 1.807) is 17.4 Å². The number of rotatable bonds is 3. The van der Waals surface area contributed by atoms with Crippen LogP contribution in [-0.2, 0) is 6.54 Å². The molecule has 0 amide bonds. The number of carbonyl (C=O) groups is 1. The van der Waals surface area contributed by atoms with Crippen molar-refractivity contribution in [2.24, 2.45) is 0 Å². The van der Waals surface area contributed by atoms with Crippen molar-refractivity contribution in [2.75, 3.05) is 13.1 Å². The molecule has 94 valence electrons. The lowest BCUT2D eigenvalue weighted by Gasteiger charge is -2.14. The Labute approximate surface area is 110 Å². The average Bonchev–Trinajstić information content (AvgIpc) is 2.99. The van der Waals surface area contributed by atoms with Crippen LogP contribution < -0.4 is 0 Å². The normalized spacial score (nSPS) is 16.4. The lowest BCUT2D eigenvalue weighted by molar-refractivity contribution is 0.0699. The van der Waals surface area contributed by atoms with E-state index in [9.17, 15) is 9.90 Å². The lowest BCUT2D eigenvalue weighted by atomic mass is 10.1. The van der Waals surface area contributed by atoms with Gasteiger partial charge >= 0.3 is 5.97 Å². The molecule has 1 aromatic heterocycles. The minimum atomic E-state index is -0.832. The van der Waals surface area contributed by atoms with Crippen molar-refractivity contribution in [1.29, 1.82) is 0 Å². The number of fused-ring (bicyclic) bond motifs is 1. The van der Waals surface area contributed by atoms with Gasteiger partial charge in [0.25, 0.3) is 0 Å². The van der Waals surface area contributed by atoms with E-state index in [-0.39, 0.29) is 0 Å². The van der Waals surface area contributed by atoms with Gasteiger partial charge in [-0.1, -0.05) is 6.07 Å². The van der Waals surface area contributed by atoms with Crippen molar-refractivity contribution in [2.45, 2.75) is 19.4 Å². The molecule has 2 aromatic rings. The number of aromatic carboxylic acids is 1. The zero-order valence-corrected chi connectivity index (χ0v) is 10.9. The smallest absolute Gasteiger partial charge is 0.336 e. The van der Waals surface area contributed by atoms with Crippen LogP contribution >= 0.6 is 11.3 Å². The summed E-state index contributed by atoms with van der Waals surface area (Å²) < 4.78 is 1.07. The highest BCUT2D eigenvalue weighted by atomic mass is 32.1. The van der Waals surface area contributed by atoms with Crippen molar-refractivity contribution < 1.29 is 9.90 Å². The summed E-state index contributed by atoms with van der Waals surface area (Å²) in [5, 5.41) is 12.3. The maximum absolute atomic E-state index is 11.3. The van der Waals surface area contributed by atoms with Gasteiger partial charge in [0.15, 0.2) is 0 Å². The monoisotopic (exact) mass is 261 g/mol. The molecule has 2 heterocycles. The van der Waals surface area contributed by atoms with E-state index in [1.165, 1.54) is 12.8 Å². The van der Waals surface area contributed by atoms with Gasteiger partial charge in [-0.2, -0.15) is 0 Å². The second-order valence-corrected chi connectivity index (χ2v) is 5.64. The van der Waals surface area contributed by atoms with Gasteiger partial charge in [-0.15, -0.1) is 11.3 Å². The summed E-state index contributed by atoms with van der Waals surface area (Å²) in [6, 6.07) is 5.52. The molecule has 3 nitrogen and oxygen atoms in total. The molecule has 1 fully saturated rings. The minimum absolute atomic E-state index is 0.433. The van der Waals surface area contributed by atoms with Gasteiger partial charge < -0.3 is 5.11 Å². The van der Waals surface area contributed by atoms with Crippen LogP contribution in [0.15, 0.2) is 23.6 Å². The predicted octanol–water partition coefficient (Wildman–Crippen LogP) is 3.20. The van der Waals surface area contributed by atoms with Gasteiger partial charge in [-0.05, 0) is 49.0 Å². The fourth-order valence-corrected chi connectivity index (χ4v) is 3.61. The lowest BCUT2D eigenvalue weighted by Crippen LogP contribution is -2.18. The van der Waals surface area contributed by atoms with Gasteiger partial charge in [0.1, 0.15) is 0 Å². The molecular weight excluding hydrogens is 246 g/mol. The van der Waals surface area contributed by atoms with Gasteiger partial charge in [0.2, 0.25) is 0 Å². The van der Waals surface area contributed by atoms with Crippen LogP contribution in [-0.4, -0.2) is 29.1 Å². The Morgan fingerprint density at radius 2 is 2.11 bits per heavy atom. The number of hydrogen-bond acceptors (Lipinski definition) is 3. The molecule has 1 aliphatic heterocycles. The molecule has 0 aliphatic carbocycles. The van der Waals surface area contributed by atoms with Gasteiger partial charge in [-0.25, -0.2) is 4.79 Å². The second kappa shape index (κ2) is 4.71. The Kier molecular flexibility index (Phi) is 3.06. The molecule has 1 aromatic carbocycles. The van der Waals surface area contributed by atoms with Crippen LogP contribution in [0.4, 0.5) is 0 Å². The van der Waals surface area contributed by atoms with Crippen molar-refractivity contribution in [1.82, 2.24) is 4.90 Å². The number of carboxylic acid groups (broad SMARTS) is 1. The first-order valence-electron chi connectivity index (χ1n) is 6.20. The maximum atomic E-state index is 11.3. The predicted molar refractivity (Wildman–Crippen MR) is 73.3 cm³/mol. The number of hydrogen-bond donors (Lipinski definition) is 1. The van der Waals surface area contributed by atoms with E-state index in [0.717, 1.165) is 35.3 Å². The van der Waals surface area contributed by atoms with Crippen LogP contribution in [0.5, 0.6) is 0 Å². The van der Waals surface area contributed by atoms with Gasteiger partial charge in [0.05, 0.1) is 5.56 Å². The second-order valence-electron chi connectivity index (χ2n) is 4.73. The third kappa shape index (κ3) is 2.02. The number of carboxylic acids is 1. The van der Waals surface area contributed by atoms with E-state index in [4.69, 9.17) is 0 Å². The molecule has 3 rings (SSSR count). The molecule has 18 heavy (non-hydrogen) atoms. The molecule has 1 aliphatic rings. The highest BCUT2D eigenvalue weighted by Crippen LogP contribution is 2.30. The molecular formula is C14H15NO2S. The molecule has 0 saturated carbocycles. The average molecular weight is 261 g/mol. The molecule has 0 radical (unpaired) electrons. The molecule has 0 spiro atoms. The summed E-state index contributed by atoms with van der Waals surface area (Å²) in [7, 11) is 0. The van der Waals surface area contributed by atoms with Crippen LogP contribution in [0.1, 0.15) is 28.8 Å². The Morgan fingerprint density at radius 1 is 1.33 bits per heavy atom. The van der Waals surface area contributed by atoms with Crippen LogP contribution in [0.2, 0.25) is 0 Å². The highest BCUT2D eigenvalue weighted by molar-refractivity contribution is 7.17. The molecule has 1 N–H and O–H groups in total. The number of benzene rings is 1. The van der Waals surface area contributed by atoms with E-state index in [1.807, 2.05) is 12.1 Å². The fourth-order valence-electron chi connectivity index (χ4n) is 2.63. The van der Waals surface area contributed by atoms with E-state index in [2.05, 4.69) is 10.3 Å². The Hall–Kier alpha value is -1.39. The molecule has 4 heteroatoms. The van der Waals surface area contributed by atoms with Crippen molar-refractivity contribution in [3.8, 4) is 0 Å². The first-order chi connectivity index (χ1) is 8.75. The van der Waals surface area contributed by atoms with E-state index >= 15 is 0 Å². The summed E-state index contributed by atoms with van der Waals surface area (Å²) >= 11 is 1.64. The van der Waals surface area contributed by atoms with Crippen LogP contribution in [0, 0.1) is 0 Å². The van der Waals surface area contributed by atoms with Crippen LogP contribution in [0.3, 0.4) is 0 Å². The molecule has 0 atom stereocenters. The summed E-state index contributed by atoms with van der Waals surface area (Å²) in [5.74, 6) is -0.832. The number of nitrogens with zero attached hydrogens (tertiary/aromatic N) is 1. The number of likely N-dealkylation sites (tertiary alicyclic amines) is 1. The van der Waals surface area contributed by atoms with E-state index < -0.39 is 5.97 Å². The highest BCUT2D eigenvalue weighted by Gasteiger charge is 2.17. The zero-order valence-electron chi connectivity index (χ0n) is 10.1. The quantitative estimate of drug-likeness (QED) is 0.922. The summed E-state index contributed by atoms with van der Waals surface area (Å²) in [5.41, 5.74) is 1.60. The van der Waals surface area contributed by atoms with Gasteiger partial charge in [0, 0.05) is 16.6 Å². The third-order valence-corrected chi connectivity index (χ3v) is 4.50. The largest absolute Gasteiger partial charge is 0.478 e. The first kappa shape index (κ1) is 11.7. The van der Waals surface area contributed by atoms with E-state index in [0.29, 0.717) is 5.56 Å². The van der Waals surface area contributed by atoms with Crippen molar-refractivity contribution in [3.63, 3.8) is 0 Å². The summed E-state index contributed by atoms with van der Waals surface area (Å²) in [6.07, 6.45) is 2.52. The molecule has 0 bridgehead atoms. The summed E-state index contributed by atoms with van der Waals surface area (Å²) in [4.78, 5) is 13.7. The maximum Gasteiger partial charge on any atom is 0.336 e. The van der Waals surface area contributed by atoms with Crippen molar-refractivity contribution in [3.05, 3.63) is 34.7 Å². The third-order valence-electron chi connectivity index (χ3n) is 3.50. The Bertz CT molecular complexity index is 584. The van der Waals surface area contributed by atoms with Crippen molar-refractivity contribution >= 4 is 27.4 Å². The van der Waals surface area contributed by atoms with Crippen LogP contribution in [0.25, 0.3) is 10.1 Å². The Morgan fingerprint density at radius 3 is 2.83 bits per heavy atom. The minimum Gasteiger partial charge on any atom is -0.478 e. The standard InChI is InChI=1S/C14H15NO2S/c16-14(17)11-4-3-5-12-13(11)10(9-18-12)8-15-6-1-2-7-15/h3-5,9H,1-2,6-8H2,(H,16,17). The Balaban J connectivity index is 2.03. The summed E-state index contributed by atoms with van der Waals surface area (Å²) in [6.45, 7) is 3.14. The van der Waals surface area contributed by atoms with Gasteiger partial charge in [-0.3, -0.25) is 4.90 Å². The SMILES string of the molecule is O=C(O)c1cccc2scc(CN3CCCC3)c12. The number of thiophene rings is 1. The fraction of sp³-hybridized carbons (Fsp3) is 0.357. The zero-order chi connectivity index (χ0) is 12.5. The molecule has 1 saturated heterocycles. The topological polar surface area (TPSA) is 40.5 Å². The first-order valence-corrected chi connectivity index (χ1v) is 7.08.